The SMILES string of the molecule is C=CC(=O)N1[C@H](C)CN(c2c(C#N)c(=O)n(C3C(C(C)C)=NC=C[C@H]3C)c3nc(-c4c(F)c(N)c(Cl)c(F)c4Cl)c(Cl)cc23)C[C@@H]1C. The van der Waals surface area contributed by atoms with Crippen molar-refractivity contribution in [1.29, 1.82) is 5.26 Å². The summed E-state index contributed by atoms with van der Waals surface area (Å²) >= 11 is 19.0. The van der Waals surface area contributed by atoms with E-state index in [1.807, 2.05) is 45.6 Å². The number of pyridine rings is 2. The Morgan fingerprint density at radius 2 is 1.79 bits per heavy atom. The second kappa shape index (κ2) is 12.9. The zero-order valence-electron chi connectivity index (χ0n) is 26.3. The molecule has 4 heterocycles. The van der Waals surface area contributed by atoms with Crippen LogP contribution in [0.3, 0.4) is 0 Å². The molecule has 1 unspecified atom stereocenters. The van der Waals surface area contributed by atoms with Gasteiger partial charge in [-0.25, -0.2) is 13.8 Å². The van der Waals surface area contributed by atoms with Crippen molar-refractivity contribution >= 4 is 68.8 Å². The van der Waals surface area contributed by atoms with Crippen molar-refractivity contribution in [3.63, 3.8) is 0 Å². The van der Waals surface area contributed by atoms with Crippen LogP contribution in [0, 0.1) is 34.8 Å². The van der Waals surface area contributed by atoms with Crippen molar-refractivity contribution in [3.8, 4) is 17.3 Å². The van der Waals surface area contributed by atoms with E-state index >= 15 is 8.78 Å². The first-order chi connectivity index (χ1) is 22.2. The van der Waals surface area contributed by atoms with Crippen LogP contribution in [0.15, 0.2) is 40.8 Å². The number of nitrogens with two attached hydrogens (primary N) is 1. The average Bonchev–Trinajstić information content (AvgIpc) is 3.02. The highest BCUT2D eigenvalue weighted by atomic mass is 35.5. The number of anilines is 2. The van der Waals surface area contributed by atoms with Gasteiger partial charge in [0, 0.05) is 48.4 Å². The minimum Gasteiger partial charge on any atom is -0.395 e. The van der Waals surface area contributed by atoms with E-state index in [-0.39, 0.29) is 70.5 Å². The Hall–Kier alpha value is -3.98. The third-order valence-corrected chi connectivity index (χ3v) is 9.72. The number of rotatable bonds is 5. The number of aromatic nitrogens is 2. The second-order valence-electron chi connectivity index (χ2n) is 12.2. The predicted octanol–water partition coefficient (Wildman–Crippen LogP) is 7.17. The molecule has 0 bridgehead atoms. The molecule has 1 saturated heterocycles. The van der Waals surface area contributed by atoms with Crippen molar-refractivity contribution in [2.24, 2.45) is 16.8 Å². The monoisotopic (exact) mass is 701 g/mol. The van der Waals surface area contributed by atoms with Gasteiger partial charge in [0.25, 0.3) is 5.56 Å². The van der Waals surface area contributed by atoms with Crippen LogP contribution in [-0.4, -0.2) is 51.2 Å². The summed E-state index contributed by atoms with van der Waals surface area (Å²) in [5.41, 5.74) is 4.42. The van der Waals surface area contributed by atoms with Gasteiger partial charge < -0.3 is 15.5 Å². The number of carbonyl (C=O) groups is 1. The van der Waals surface area contributed by atoms with Gasteiger partial charge in [0.1, 0.15) is 22.3 Å². The third-order valence-electron chi connectivity index (χ3n) is 8.70. The maximum atomic E-state index is 15.7. The molecule has 0 aliphatic carbocycles. The fourth-order valence-corrected chi connectivity index (χ4v) is 7.37. The minimum absolute atomic E-state index is 0.0400. The molecular formula is C33H32Cl3F2N7O2. The van der Waals surface area contributed by atoms with Crippen molar-refractivity contribution < 1.29 is 13.6 Å². The van der Waals surface area contributed by atoms with Gasteiger partial charge >= 0.3 is 0 Å². The van der Waals surface area contributed by atoms with E-state index in [1.54, 1.807) is 11.1 Å². The molecule has 1 aromatic carbocycles. The molecule has 2 N–H and O–H groups in total. The fourth-order valence-electron chi connectivity index (χ4n) is 6.63. The van der Waals surface area contributed by atoms with E-state index in [0.717, 1.165) is 0 Å². The molecule has 0 spiro atoms. The molecule has 14 heteroatoms. The number of hydrogen-bond donors (Lipinski definition) is 1. The quantitative estimate of drug-likeness (QED) is 0.130. The first-order valence-electron chi connectivity index (χ1n) is 14.9. The number of piperazine rings is 1. The van der Waals surface area contributed by atoms with E-state index in [0.29, 0.717) is 11.1 Å². The van der Waals surface area contributed by atoms with Gasteiger partial charge in [-0.15, -0.1) is 0 Å². The van der Waals surface area contributed by atoms with E-state index in [9.17, 15) is 14.9 Å². The Bertz CT molecular complexity index is 1960. The number of nitrogens with zero attached hydrogens (tertiary/aromatic N) is 6. The predicted molar refractivity (Wildman–Crippen MR) is 183 cm³/mol. The van der Waals surface area contributed by atoms with E-state index in [2.05, 4.69) is 17.6 Å². The lowest BCUT2D eigenvalue weighted by molar-refractivity contribution is -0.130. The number of amides is 1. The molecule has 5 rings (SSSR count). The first kappa shape index (κ1) is 34.4. The Balaban J connectivity index is 1.91. The lowest BCUT2D eigenvalue weighted by atomic mass is 9.88. The first-order valence-corrected chi connectivity index (χ1v) is 16.0. The molecule has 2 aliphatic heterocycles. The van der Waals surface area contributed by atoms with Crippen LogP contribution in [0.25, 0.3) is 22.3 Å². The maximum Gasteiger partial charge on any atom is 0.272 e. The van der Waals surface area contributed by atoms with Crippen molar-refractivity contribution in [1.82, 2.24) is 14.5 Å². The van der Waals surface area contributed by atoms with Crippen LogP contribution in [0.1, 0.15) is 46.2 Å². The topological polar surface area (TPSA) is 121 Å². The maximum absolute atomic E-state index is 15.7. The van der Waals surface area contributed by atoms with Crippen molar-refractivity contribution in [2.75, 3.05) is 23.7 Å². The zero-order valence-corrected chi connectivity index (χ0v) is 28.6. The van der Waals surface area contributed by atoms with Crippen LogP contribution in [0.2, 0.25) is 15.1 Å². The molecule has 0 radical (unpaired) electrons. The number of nitrogen functional groups attached to an aromatic ring is 1. The van der Waals surface area contributed by atoms with Gasteiger partial charge in [-0.2, -0.15) is 5.26 Å². The largest absolute Gasteiger partial charge is 0.395 e. The van der Waals surface area contributed by atoms with Gasteiger partial charge in [0.2, 0.25) is 5.91 Å². The van der Waals surface area contributed by atoms with E-state index in [1.165, 1.54) is 16.7 Å². The molecule has 47 heavy (non-hydrogen) atoms. The summed E-state index contributed by atoms with van der Waals surface area (Å²) in [7, 11) is 0. The summed E-state index contributed by atoms with van der Waals surface area (Å²) in [4.78, 5) is 40.1. The van der Waals surface area contributed by atoms with Gasteiger partial charge in [-0.1, -0.05) is 68.2 Å². The standard InChI is InChI=1S/C33H32Cl3F2N7O2/c1-7-21(46)44-16(5)12-43(13-17(44)6)31-18-10-20(34)29(22-23(35)26(38)24(36)27(40)25(22)37)42-32(18)45(33(47)19(31)11-39)30-15(4)8-9-41-28(30)14(2)3/h7-10,14-17,30H,1,12-13,40H2,2-6H3/t15-,16-,17+,30?/m1/s1. The zero-order chi connectivity index (χ0) is 34.6. The normalized spacial score (nSPS) is 21.3. The van der Waals surface area contributed by atoms with Crippen molar-refractivity contribution in [2.45, 2.75) is 52.7 Å². The van der Waals surface area contributed by atoms with Gasteiger partial charge in [-0.05, 0) is 31.9 Å². The summed E-state index contributed by atoms with van der Waals surface area (Å²) in [5, 5.41) is 9.30. The molecule has 9 nitrogen and oxygen atoms in total. The molecule has 2 aromatic heterocycles. The lowest BCUT2D eigenvalue weighted by Crippen LogP contribution is -2.58. The highest BCUT2D eigenvalue weighted by Crippen LogP contribution is 2.44. The fraction of sp³-hybridized carbons (Fsp3) is 0.364. The smallest absolute Gasteiger partial charge is 0.272 e. The van der Waals surface area contributed by atoms with Crippen LogP contribution < -0.4 is 16.2 Å². The molecule has 3 aromatic rings. The number of halogens is 5. The molecule has 1 amide bonds. The van der Waals surface area contributed by atoms with E-state index in [4.69, 9.17) is 45.5 Å². The Morgan fingerprint density at radius 3 is 2.36 bits per heavy atom. The molecule has 0 saturated carbocycles. The van der Waals surface area contributed by atoms with Crippen LogP contribution >= 0.6 is 34.8 Å². The number of nitriles is 1. The third kappa shape index (κ3) is 5.56. The highest BCUT2D eigenvalue weighted by molar-refractivity contribution is 6.39. The summed E-state index contributed by atoms with van der Waals surface area (Å²) in [6.07, 6.45) is 4.74. The van der Waals surface area contributed by atoms with Crippen molar-refractivity contribution in [3.05, 3.63) is 73.6 Å². The Labute approximate surface area is 285 Å². The Kier molecular flexibility index (Phi) is 9.43. The number of benzene rings is 1. The van der Waals surface area contributed by atoms with Gasteiger partial charge in [0.05, 0.1) is 38.7 Å². The summed E-state index contributed by atoms with van der Waals surface area (Å²) in [5.74, 6) is -2.93. The van der Waals surface area contributed by atoms with Gasteiger partial charge in [0.15, 0.2) is 11.6 Å². The number of fused-ring (bicyclic) bond motifs is 1. The summed E-state index contributed by atoms with van der Waals surface area (Å²) < 4.78 is 32.1. The van der Waals surface area contributed by atoms with E-state index < -0.39 is 44.5 Å². The minimum atomic E-state index is -1.16. The molecule has 246 valence electrons. The number of aliphatic imine (C=N–C) groups is 1. The molecular weight excluding hydrogens is 671 g/mol. The number of carbonyl (C=O) groups excluding carboxylic acids is 1. The summed E-state index contributed by atoms with van der Waals surface area (Å²) in [6.45, 7) is 13.6. The van der Waals surface area contributed by atoms with Crippen LogP contribution in [0.4, 0.5) is 20.2 Å². The molecule has 1 fully saturated rings. The molecule has 4 atom stereocenters. The lowest BCUT2D eigenvalue weighted by Gasteiger charge is -2.45. The Morgan fingerprint density at radius 1 is 1.15 bits per heavy atom. The molecule has 2 aliphatic rings. The second-order valence-corrected chi connectivity index (χ2v) is 13.3. The number of hydrogen-bond acceptors (Lipinski definition) is 7. The van der Waals surface area contributed by atoms with Crippen LogP contribution in [-0.2, 0) is 4.79 Å². The average molecular weight is 703 g/mol. The summed E-state index contributed by atoms with van der Waals surface area (Å²) in [6, 6.07) is 2.22. The van der Waals surface area contributed by atoms with Gasteiger partial charge in [-0.3, -0.25) is 19.1 Å². The van der Waals surface area contributed by atoms with Crippen LogP contribution in [0.5, 0.6) is 0 Å². The highest BCUT2D eigenvalue weighted by Gasteiger charge is 2.37. The number of allylic oxidation sites excluding steroid dienone is 1.